The molecular formula is C9H7F3O2. The lowest BCUT2D eigenvalue weighted by atomic mass is 10.1. The van der Waals surface area contributed by atoms with Gasteiger partial charge >= 0.3 is 6.61 Å². The summed E-state index contributed by atoms with van der Waals surface area (Å²) in [7, 11) is 0. The summed E-state index contributed by atoms with van der Waals surface area (Å²) in [6.45, 7) is -1.64. The molecule has 1 aromatic carbocycles. The van der Waals surface area contributed by atoms with Gasteiger partial charge in [0.15, 0.2) is 6.29 Å². The van der Waals surface area contributed by atoms with Gasteiger partial charge in [0.1, 0.15) is 11.6 Å². The van der Waals surface area contributed by atoms with Crippen LogP contribution in [0, 0.1) is 12.7 Å². The zero-order chi connectivity index (χ0) is 10.7. The number of carbonyl (C=O) groups is 1. The minimum Gasteiger partial charge on any atom is -0.434 e. The number of halogens is 3. The van der Waals surface area contributed by atoms with Gasteiger partial charge in [-0.25, -0.2) is 4.39 Å². The van der Waals surface area contributed by atoms with E-state index in [-0.39, 0.29) is 23.2 Å². The Labute approximate surface area is 78.3 Å². The van der Waals surface area contributed by atoms with E-state index in [4.69, 9.17) is 0 Å². The van der Waals surface area contributed by atoms with Crippen molar-refractivity contribution in [2.75, 3.05) is 0 Å². The quantitative estimate of drug-likeness (QED) is 0.707. The van der Waals surface area contributed by atoms with E-state index in [0.29, 0.717) is 0 Å². The minimum atomic E-state index is -3.03. The lowest BCUT2D eigenvalue weighted by Crippen LogP contribution is -2.05. The van der Waals surface area contributed by atoms with Gasteiger partial charge in [0.05, 0.1) is 5.56 Å². The monoisotopic (exact) mass is 204 g/mol. The van der Waals surface area contributed by atoms with Crippen LogP contribution < -0.4 is 4.74 Å². The molecule has 0 atom stereocenters. The molecule has 0 spiro atoms. The molecule has 14 heavy (non-hydrogen) atoms. The molecule has 0 aromatic heterocycles. The molecule has 0 aliphatic rings. The topological polar surface area (TPSA) is 26.3 Å². The number of aldehydes is 1. The van der Waals surface area contributed by atoms with Gasteiger partial charge in [0.25, 0.3) is 0 Å². The summed E-state index contributed by atoms with van der Waals surface area (Å²) < 4.78 is 40.6. The minimum absolute atomic E-state index is 0.145. The number of ether oxygens (including phenoxy) is 1. The van der Waals surface area contributed by atoms with Crippen molar-refractivity contribution in [3.63, 3.8) is 0 Å². The average molecular weight is 204 g/mol. The first-order chi connectivity index (χ1) is 6.54. The van der Waals surface area contributed by atoms with Gasteiger partial charge in [-0.2, -0.15) is 8.78 Å². The summed E-state index contributed by atoms with van der Waals surface area (Å²) in [6, 6.07) is 1.92. The zero-order valence-electron chi connectivity index (χ0n) is 7.26. The summed E-state index contributed by atoms with van der Waals surface area (Å²) in [6.07, 6.45) is 0.264. The number of aryl methyl sites for hydroxylation is 1. The number of alkyl halides is 2. The van der Waals surface area contributed by atoms with Crippen molar-refractivity contribution in [2.45, 2.75) is 13.5 Å². The Morgan fingerprint density at radius 2 is 2.07 bits per heavy atom. The molecule has 2 nitrogen and oxygen atoms in total. The SMILES string of the molecule is Cc1cc(OC(F)F)c(C=O)cc1F. The normalized spacial score (nSPS) is 10.4. The first kappa shape index (κ1) is 10.6. The smallest absolute Gasteiger partial charge is 0.387 e. The maximum absolute atomic E-state index is 12.9. The molecule has 1 rings (SSSR count). The summed E-state index contributed by atoms with van der Waals surface area (Å²) >= 11 is 0. The fourth-order valence-electron chi connectivity index (χ4n) is 0.961. The van der Waals surface area contributed by atoms with Crippen molar-refractivity contribution in [3.05, 3.63) is 29.1 Å². The second-order valence-electron chi connectivity index (χ2n) is 2.64. The van der Waals surface area contributed by atoms with Crippen LogP contribution in [0.4, 0.5) is 13.2 Å². The Morgan fingerprint density at radius 3 is 2.57 bits per heavy atom. The molecular weight excluding hydrogens is 197 g/mol. The van der Waals surface area contributed by atoms with Gasteiger partial charge in [0.2, 0.25) is 0 Å². The Kier molecular flexibility index (Phi) is 3.11. The molecule has 1 aromatic rings. The summed E-state index contributed by atoms with van der Waals surface area (Å²) in [5.74, 6) is -0.942. The predicted octanol–water partition coefficient (Wildman–Crippen LogP) is 2.55. The standard InChI is InChI=1S/C9H7F3O2/c1-5-2-8(14-9(11)12)6(4-13)3-7(5)10/h2-4,9H,1H3. The van der Waals surface area contributed by atoms with E-state index in [0.717, 1.165) is 12.1 Å². The molecule has 0 saturated heterocycles. The molecule has 0 radical (unpaired) electrons. The first-order valence-electron chi connectivity index (χ1n) is 3.74. The van der Waals surface area contributed by atoms with Gasteiger partial charge in [-0.05, 0) is 24.6 Å². The van der Waals surface area contributed by atoms with Gasteiger partial charge in [-0.15, -0.1) is 0 Å². The van der Waals surface area contributed by atoms with Gasteiger partial charge < -0.3 is 4.74 Å². The van der Waals surface area contributed by atoms with Crippen LogP contribution >= 0.6 is 0 Å². The van der Waals surface area contributed by atoms with Crippen LogP contribution in [0.5, 0.6) is 5.75 Å². The van der Waals surface area contributed by atoms with Gasteiger partial charge in [0, 0.05) is 0 Å². The second kappa shape index (κ2) is 4.13. The molecule has 0 bridgehead atoms. The highest BCUT2D eigenvalue weighted by molar-refractivity contribution is 5.79. The van der Waals surface area contributed by atoms with Gasteiger partial charge in [-0.1, -0.05) is 0 Å². The van der Waals surface area contributed by atoms with Crippen molar-refractivity contribution in [1.82, 2.24) is 0 Å². The van der Waals surface area contributed by atoms with E-state index in [2.05, 4.69) is 4.74 Å². The van der Waals surface area contributed by atoms with Crippen LogP contribution in [-0.4, -0.2) is 12.9 Å². The summed E-state index contributed by atoms with van der Waals surface area (Å²) in [5.41, 5.74) is -0.0837. The highest BCUT2D eigenvalue weighted by Crippen LogP contribution is 2.22. The van der Waals surface area contributed by atoms with E-state index in [1.807, 2.05) is 0 Å². The lowest BCUT2D eigenvalue weighted by molar-refractivity contribution is -0.0501. The van der Waals surface area contributed by atoms with Crippen molar-refractivity contribution >= 4 is 6.29 Å². The van der Waals surface area contributed by atoms with Crippen LogP contribution in [0.15, 0.2) is 12.1 Å². The highest BCUT2D eigenvalue weighted by Gasteiger charge is 2.11. The summed E-state index contributed by atoms with van der Waals surface area (Å²) in [4.78, 5) is 10.4. The fourth-order valence-corrected chi connectivity index (χ4v) is 0.961. The molecule has 0 fully saturated rings. The molecule has 5 heteroatoms. The van der Waals surface area contributed by atoms with E-state index in [1.165, 1.54) is 6.92 Å². The summed E-state index contributed by atoms with van der Waals surface area (Å²) in [5, 5.41) is 0. The van der Waals surface area contributed by atoms with Gasteiger partial charge in [-0.3, -0.25) is 4.79 Å². The fraction of sp³-hybridized carbons (Fsp3) is 0.222. The maximum atomic E-state index is 12.9. The van der Waals surface area contributed by atoms with Crippen LogP contribution in [0.2, 0.25) is 0 Å². The van der Waals surface area contributed by atoms with E-state index < -0.39 is 12.4 Å². The Balaban J connectivity index is 3.13. The third-order valence-corrected chi connectivity index (χ3v) is 1.63. The number of benzene rings is 1. The maximum Gasteiger partial charge on any atom is 0.387 e. The molecule has 0 heterocycles. The van der Waals surface area contributed by atoms with Crippen molar-refractivity contribution < 1.29 is 22.7 Å². The molecule has 0 N–H and O–H groups in total. The Hall–Kier alpha value is -1.52. The number of rotatable bonds is 3. The van der Waals surface area contributed by atoms with Crippen LogP contribution in [0.1, 0.15) is 15.9 Å². The van der Waals surface area contributed by atoms with Crippen LogP contribution in [0.3, 0.4) is 0 Å². The average Bonchev–Trinajstić information content (AvgIpc) is 2.10. The van der Waals surface area contributed by atoms with E-state index >= 15 is 0 Å². The number of hydrogen-bond acceptors (Lipinski definition) is 2. The van der Waals surface area contributed by atoms with E-state index in [1.54, 1.807) is 0 Å². The second-order valence-corrected chi connectivity index (χ2v) is 2.64. The van der Waals surface area contributed by atoms with E-state index in [9.17, 15) is 18.0 Å². The Morgan fingerprint density at radius 1 is 1.43 bits per heavy atom. The number of carbonyl (C=O) groups excluding carboxylic acids is 1. The highest BCUT2D eigenvalue weighted by atomic mass is 19.3. The molecule has 0 aliphatic carbocycles. The lowest BCUT2D eigenvalue weighted by Gasteiger charge is -2.08. The third kappa shape index (κ3) is 2.25. The molecule has 0 amide bonds. The van der Waals surface area contributed by atoms with Crippen LogP contribution in [-0.2, 0) is 0 Å². The first-order valence-corrected chi connectivity index (χ1v) is 3.74. The third-order valence-electron chi connectivity index (χ3n) is 1.63. The van der Waals surface area contributed by atoms with Crippen molar-refractivity contribution in [1.29, 1.82) is 0 Å². The largest absolute Gasteiger partial charge is 0.434 e. The molecule has 0 saturated carbocycles. The van der Waals surface area contributed by atoms with Crippen molar-refractivity contribution in [3.8, 4) is 5.75 Å². The molecule has 76 valence electrons. The zero-order valence-corrected chi connectivity index (χ0v) is 7.26. The van der Waals surface area contributed by atoms with Crippen molar-refractivity contribution in [2.24, 2.45) is 0 Å². The predicted molar refractivity (Wildman–Crippen MR) is 43.2 cm³/mol. The van der Waals surface area contributed by atoms with Crippen LogP contribution in [0.25, 0.3) is 0 Å². The Bertz CT molecular complexity index is 350. The molecule has 0 unspecified atom stereocenters. The molecule has 0 aliphatic heterocycles. The number of hydrogen-bond donors (Lipinski definition) is 0.